The number of likely N-dealkylation sites (tertiary alicyclic amines) is 1. The SMILES string of the molecule is CCCn1ncnc1CN1CCC(CBr)C1. The molecule has 0 saturated carbocycles. The van der Waals surface area contributed by atoms with Crippen molar-refractivity contribution in [3.05, 3.63) is 12.2 Å². The van der Waals surface area contributed by atoms with Gasteiger partial charge in [0.05, 0.1) is 6.54 Å². The van der Waals surface area contributed by atoms with Crippen molar-refractivity contribution in [1.82, 2.24) is 19.7 Å². The van der Waals surface area contributed by atoms with Crippen molar-refractivity contribution in [1.29, 1.82) is 0 Å². The molecule has 1 aromatic heterocycles. The molecule has 16 heavy (non-hydrogen) atoms. The molecule has 1 aliphatic heterocycles. The Kier molecular flexibility index (Phi) is 4.35. The quantitative estimate of drug-likeness (QED) is 0.776. The Bertz CT molecular complexity index is 326. The molecule has 5 heteroatoms. The van der Waals surface area contributed by atoms with Crippen LogP contribution in [0.25, 0.3) is 0 Å². The zero-order valence-electron chi connectivity index (χ0n) is 9.77. The molecule has 1 fully saturated rings. The second-order valence-electron chi connectivity index (χ2n) is 4.44. The summed E-state index contributed by atoms with van der Waals surface area (Å²) in [4.78, 5) is 6.82. The van der Waals surface area contributed by atoms with E-state index in [9.17, 15) is 0 Å². The van der Waals surface area contributed by atoms with Crippen LogP contribution in [-0.4, -0.2) is 38.1 Å². The first-order valence-corrected chi connectivity index (χ1v) is 7.10. The molecule has 1 saturated heterocycles. The largest absolute Gasteiger partial charge is 0.296 e. The maximum atomic E-state index is 4.35. The van der Waals surface area contributed by atoms with Crippen LogP contribution in [0.4, 0.5) is 0 Å². The van der Waals surface area contributed by atoms with E-state index in [1.54, 1.807) is 6.33 Å². The minimum Gasteiger partial charge on any atom is -0.296 e. The van der Waals surface area contributed by atoms with E-state index in [2.05, 4.69) is 37.8 Å². The predicted octanol–water partition coefficient (Wildman–Crippen LogP) is 1.90. The molecular formula is C11H19BrN4. The Labute approximate surface area is 105 Å². The highest BCUT2D eigenvalue weighted by atomic mass is 79.9. The zero-order valence-corrected chi connectivity index (χ0v) is 11.4. The van der Waals surface area contributed by atoms with Gasteiger partial charge in [-0.1, -0.05) is 22.9 Å². The lowest BCUT2D eigenvalue weighted by atomic mass is 10.2. The zero-order chi connectivity index (χ0) is 11.4. The number of hydrogen-bond acceptors (Lipinski definition) is 3. The smallest absolute Gasteiger partial charge is 0.141 e. The van der Waals surface area contributed by atoms with Crippen LogP contribution in [0.1, 0.15) is 25.6 Å². The molecule has 0 bridgehead atoms. The first-order valence-electron chi connectivity index (χ1n) is 5.98. The minimum atomic E-state index is 0.808. The van der Waals surface area contributed by atoms with Gasteiger partial charge in [-0.2, -0.15) is 5.10 Å². The third kappa shape index (κ3) is 2.83. The molecule has 0 spiro atoms. The Morgan fingerprint density at radius 1 is 1.56 bits per heavy atom. The van der Waals surface area contributed by atoms with Crippen molar-refractivity contribution in [3.63, 3.8) is 0 Å². The van der Waals surface area contributed by atoms with E-state index in [1.807, 2.05) is 4.68 Å². The van der Waals surface area contributed by atoms with Crippen molar-refractivity contribution in [3.8, 4) is 0 Å². The van der Waals surface area contributed by atoms with Crippen LogP contribution in [-0.2, 0) is 13.1 Å². The number of halogens is 1. The highest BCUT2D eigenvalue weighted by Gasteiger charge is 2.22. The Balaban J connectivity index is 1.91. The Morgan fingerprint density at radius 3 is 3.12 bits per heavy atom. The van der Waals surface area contributed by atoms with E-state index in [0.717, 1.165) is 36.6 Å². The summed E-state index contributed by atoms with van der Waals surface area (Å²) in [6.45, 7) is 6.47. The van der Waals surface area contributed by atoms with Crippen LogP contribution in [0.2, 0.25) is 0 Å². The molecule has 1 aromatic rings. The molecule has 2 rings (SSSR count). The Hall–Kier alpha value is -0.420. The first-order chi connectivity index (χ1) is 7.83. The maximum Gasteiger partial charge on any atom is 0.141 e. The van der Waals surface area contributed by atoms with Crippen molar-refractivity contribution in [2.75, 3.05) is 18.4 Å². The van der Waals surface area contributed by atoms with E-state index in [0.29, 0.717) is 0 Å². The van der Waals surface area contributed by atoms with Crippen LogP contribution in [0.3, 0.4) is 0 Å². The summed E-state index contributed by atoms with van der Waals surface area (Å²) in [6, 6.07) is 0. The van der Waals surface area contributed by atoms with Crippen molar-refractivity contribution in [2.24, 2.45) is 5.92 Å². The average molecular weight is 287 g/mol. The van der Waals surface area contributed by atoms with Crippen LogP contribution < -0.4 is 0 Å². The van der Waals surface area contributed by atoms with Crippen molar-refractivity contribution in [2.45, 2.75) is 32.9 Å². The highest BCUT2D eigenvalue weighted by Crippen LogP contribution is 2.19. The van der Waals surface area contributed by atoms with E-state index < -0.39 is 0 Å². The summed E-state index contributed by atoms with van der Waals surface area (Å²) in [6.07, 6.45) is 4.08. The van der Waals surface area contributed by atoms with Gasteiger partial charge in [0.2, 0.25) is 0 Å². The molecule has 0 N–H and O–H groups in total. The fourth-order valence-corrected chi connectivity index (χ4v) is 2.72. The van der Waals surface area contributed by atoms with Gasteiger partial charge in [-0.15, -0.1) is 0 Å². The van der Waals surface area contributed by atoms with Gasteiger partial charge in [-0.3, -0.25) is 4.90 Å². The Morgan fingerprint density at radius 2 is 2.44 bits per heavy atom. The van der Waals surface area contributed by atoms with Crippen molar-refractivity contribution >= 4 is 15.9 Å². The average Bonchev–Trinajstić information content (AvgIpc) is 2.90. The van der Waals surface area contributed by atoms with Gasteiger partial charge in [-0.25, -0.2) is 9.67 Å². The second-order valence-corrected chi connectivity index (χ2v) is 5.09. The van der Waals surface area contributed by atoms with Crippen LogP contribution in [0, 0.1) is 5.92 Å². The first kappa shape index (κ1) is 12.0. The topological polar surface area (TPSA) is 34.0 Å². The number of alkyl halides is 1. The lowest BCUT2D eigenvalue weighted by Gasteiger charge is -2.15. The molecule has 0 amide bonds. The van der Waals surface area contributed by atoms with E-state index >= 15 is 0 Å². The van der Waals surface area contributed by atoms with Gasteiger partial charge in [0.1, 0.15) is 12.2 Å². The number of nitrogens with zero attached hydrogens (tertiary/aromatic N) is 4. The summed E-state index contributed by atoms with van der Waals surface area (Å²) in [7, 11) is 0. The number of hydrogen-bond donors (Lipinski definition) is 0. The van der Waals surface area contributed by atoms with Crippen LogP contribution >= 0.6 is 15.9 Å². The minimum absolute atomic E-state index is 0.808. The summed E-state index contributed by atoms with van der Waals surface area (Å²) >= 11 is 3.56. The molecule has 0 aliphatic carbocycles. The van der Waals surface area contributed by atoms with E-state index in [-0.39, 0.29) is 0 Å². The van der Waals surface area contributed by atoms with Gasteiger partial charge in [-0.05, 0) is 25.3 Å². The molecule has 1 unspecified atom stereocenters. The molecule has 4 nitrogen and oxygen atoms in total. The van der Waals surface area contributed by atoms with Gasteiger partial charge < -0.3 is 0 Å². The fourth-order valence-electron chi connectivity index (χ4n) is 2.19. The summed E-state index contributed by atoms with van der Waals surface area (Å²) < 4.78 is 2.03. The predicted molar refractivity (Wildman–Crippen MR) is 67.5 cm³/mol. The molecular weight excluding hydrogens is 268 g/mol. The third-order valence-electron chi connectivity index (χ3n) is 3.08. The molecule has 0 radical (unpaired) electrons. The number of aryl methyl sites for hydroxylation is 1. The molecule has 1 atom stereocenters. The number of rotatable bonds is 5. The fraction of sp³-hybridized carbons (Fsp3) is 0.818. The van der Waals surface area contributed by atoms with Gasteiger partial charge in [0.25, 0.3) is 0 Å². The molecule has 90 valence electrons. The molecule has 2 heterocycles. The maximum absolute atomic E-state index is 4.35. The van der Waals surface area contributed by atoms with Gasteiger partial charge >= 0.3 is 0 Å². The van der Waals surface area contributed by atoms with Gasteiger partial charge in [0, 0.05) is 18.4 Å². The van der Waals surface area contributed by atoms with Gasteiger partial charge in [0.15, 0.2) is 0 Å². The van der Waals surface area contributed by atoms with Crippen LogP contribution in [0.5, 0.6) is 0 Å². The monoisotopic (exact) mass is 286 g/mol. The molecule has 0 aromatic carbocycles. The highest BCUT2D eigenvalue weighted by molar-refractivity contribution is 9.09. The lowest BCUT2D eigenvalue weighted by Crippen LogP contribution is -2.23. The van der Waals surface area contributed by atoms with E-state index in [1.165, 1.54) is 19.5 Å². The van der Waals surface area contributed by atoms with E-state index in [4.69, 9.17) is 0 Å². The summed E-state index contributed by atoms with van der Waals surface area (Å²) in [5.74, 6) is 1.92. The summed E-state index contributed by atoms with van der Waals surface area (Å²) in [5, 5.41) is 5.37. The molecule has 1 aliphatic rings. The third-order valence-corrected chi connectivity index (χ3v) is 4.00. The second kappa shape index (κ2) is 5.77. The number of aromatic nitrogens is 3. The standard InChI is InChI=1S/C11H19BrN4/c1-2-4-16-11(13-9-14-16)8-15-5-3-10(6-12)7-15/h9-10H,2-8H2,1H3. The van der Waals surface area contributed by atoms with Crippen LogP contribution in [0.15, 0.2) is 6.33 Å². The van der Waals surface area contributed by atoms with Crippen molar-refractivity contribution < 1.29 is 0 Å². The normalized spacial score (nSPS) is 21.8. The summed E-state index contributed by atoms with van der Waals surface area (Å²) in [5.41, 5.74) is 0. The lowest BCUT2D eigenvalue weighted by molar-refractivity contribution is 0.304.